The highest BCUT2D eigenvalue weighted by molar-refractivity contribution is 6.30. The Morgan fingerprint density at radius 1 is 1.00 bits per heavy atom. The number of carbonyl (C=O) groups excluding carboxylic acids is 2. The van der Waals surface area contributed by atoms with Crippen molar-refractivity contribution in [2.75, 3.05) is 13.1 Å². The molecule has 0 aliphatic carbocycles. The molecule has 0 atom stereocenters. The van der Waals surface area contributed by atoms with Crippen LogP contribution >= 0.6 is 11.6 Å². The Hall–Kier alpha value is -2.77. The highest BCUT2D eigenvalue weighted by atomic mass is 35.5. The van der Waals surface area contributed by atoms with Crippen LogP contribution in [0.15, 0.2) is 54.6 Å². The molecule has 0 radical (unpaired) electrons. The predicted octanol–water partition coefficient (Wildman–Crippen LogP) is 2.24. The van der Waals surface area contributed by atoms with E-state index in [9.17, 15) is 9.59 Å². The fraction of sp³-hybridized carbons (Fsp3) is 0.111. The van der Waals surface area contributed by atoms with E-state index >= 15 is 0 Å². The van der Waals surface area contributed by atoms with E-state index in [2.05, 4.69) is 22.5 Å². The third-order valence-corrected chi connectivity index (χ3v) is 3.11. The number of carbonyl (C=O) groups is 2. The van der Waals surface area contributed by atoms with Gasteiger partial charge in [-0.15, -0.1) is 0 Å². The molecule has 0 bridgehead atoms. The molecular weight excluding hydrogens is 312 g/mol. The summed E-state index contributed by atoms with van der Waals surface area (Å²) in [6.45, 7) is 0.110. The number of amides is 2. The molecule has 0 saturated heterocycles. The monoisotopic (exact) mass is 326 g/mol. The molecule has 2 amide bonds. The third-order valence-electron chi connectivity index (χ3n) is 2.88. The Balaban J connectivity index is 1.73. The lowest BCUT2D eigenvalue weighted by Crippen LogP contribution is -2.37. The molecule has 2 aromatic rings. The molecule has 5 heteroatoms. The van der Waals surface area contributed by atoms with Crippen molar-refractivity contribution in [2.45, 2.75) is 0 Å². The van der Waals surface area contributed by atoms with Crippen LogP contribution in [0.4, 0.5) is 0 Å². The summed E-state index contributed by atoms with van der Waals surface area (Å²) in [6, 6.07) is 15.9. The van der Waals surface area contributed by atoms with Gasteiger partial charge in [0.1, 0.15) is 0 Å². The average molecular weight is 327 g/mol. The minimum absolute atomic E-state index is 0.0907. The number of halogens is 1. The largest absolute Gasteiger partial charge is 0.344 e. The maximum Gasteiger partial charge on any atom is 0.251 e. The van der Waals surface area contributed by atoms with Gasteiger partial charge in [-0.3, -0.25) is 9.59 Å². The van der Waals surface area contributed by atoms with Crippen molar-refractivity contribution in [3.8, 4) is 11.8 Å². The molecule has 0 spiro atoms. The van der Waals surface area contributed by atoms with Crippen LogP contribution < -0.4 is 10.6 Å². The Kier molecular flexibility index (Phi) is 6.22. The summed E-state index contributed by atoms with van der Waals surface area (Å²) in [5, 5.41) is 5.78. The van der Waals surface area contributed by atoms with Gasteiger partial charge >= 0.3 is 0 Å². The van der Waals surface area contributed by atoms with Crippen LogP contribution in [0.1, 0.15) is 15.9 Å². The molecule has 4 nitrogen and oxygen atoms in total. The average Bonchev–Trinajstić information content (AvgIpc) is 2.57. The molecule has 0 aromatic heterocycles. The highest BCUT2D eigenvalue weighted by Crippen LogP contribution is 2.09. The molecule has 0 aliphatic heterocycles. The van der Waals surface area contributed by atoms with Crippen LogP contribution in [0.3, 0.4) is 0 Å². The minimum atomic E-state index is -0.297. The van der Waals surface area contributed by atoms with Crippen LogP contribution in [-0.2, 0) is 4.79 Å². The van der Waals surface area contributed by atoms with Crippen LogP contribution in [0.25, 0.3) is 0 Å². The molecule has 0 aliphatic rings. The molecule has 0 saturated carbocycles. The number of nitrogens with one attached hydrogen (secondary N) is 2. The maximum atomic E-state index is 11.8. The summed E-state index contributed by atoms with van der Waals surface area (Å²) in [4.78, 5) is 23.4. The smallest absolute Gasteiger partial charge is 0.251 e. The van der Waals surface area contributed by atoms with Gasteiger partial charge in [-0.25, -0.2) is 0 Å². The van der Waals surface area contributed by atoms with Gasteiger partial charge in [0.15, 0.2) is 0 Å². The van der Waals surface area contributed by atoms with Crippen LogP contribution in [0.5, 0.6) is 0 Å². The van der Waals surface area contributed by atoms with E-state index in [1.54, 1.807) is 36.4 Å². The first-order valence-corrected chi connectivity index (χ1v) is 7.37. The summed E-state index contributed by atoms with van der Waals surface area (Å²) in [7, 11) is 0. The zero-order valence-corrected chi connectivity index (χ0v) is 13.1. The fourth-order valence-electron chi connectivity index (χ4n) is 1.77. The van der Waals surface area contributed by atoms with Crippen molar-refractivity contribution >= 4 is 23.4 Å². The molecule has 0 fully saturated rings. The molecule has 2 aromatic carbocycles. The second-order valence-corrected chi connectivity index (χ2v) is 5.07. The zero-order chi connectivity index (χ0) is 16.5. The van der Waals surface area contributed by atoms with Gasteiger partial charge in [-0.1, -0.05) is 47.7 Å². The summed E-state index contributed by atoms with van der Waals surface area (Å²) in [5.74, 6) is 5.14. The quantitative estimate of drug-likeness (QED) is 0.847. The molecule has 0 unspecified atom stereocenters. The van der Waals surface area contributed by atoms with Gasteiger partial charge in [-0.2, -0.15) is 0 Å². The number of hydrogen-bond donors (Lipinski definition) is 2. The second-order valence-electron chi connectivity index (χ2n) is 4.64. The Labute approximate surface area is 139 Å². The summed E-state index contributed by atoms with van der Waals surface area (Å²) in [6.07, 6.45) is 0. The number of hydrogen-bond acceptors (Lipinski definition) is 2. The SMILES string of the molecule is O=C(CNC(=O)c1ccccc1)NCC#Cc1cccc(Cl)c1. The first kappa shape index (κ1) is 16.6. The lowest BCUT2D eigenvalue weighted by molar-refractivity contribution is -0.119. The van der Waals surface area contributed by atoms with E-state index in [1.165, 1.54) is 0 Å². The lowest BCUT2D eigenvalue weighted by Gasteiger charge is -2.04. The van der Waals surface area contributed by atoms with Crippen LogP contribution in [0, 0.1) is 11.8 Å². The van der Waals surface area contributed by atoms with Crippen molar-refractivity contribution in [1.29, 1.82) is 0 Å². The van der Waals surface area contributed by atoms with Gasteiger partial charge in [0.2, 0.25) is 5.91 Å². The maximum absolute atomic E-state index is 11.8. The van der Waals surface area contributed by atoms with Crippen LogP contribution in [-0.4, -0.2) is 24.9 Å². The van der Waals surface area contributed by atoms with Crippen molar-refractivity contribution in [1.82, 2.24) is 10.6 Å². The third kappa shape index (κ3) is 5.85. The van der Waals surface area contributed by atoms with Gasteiger partial charge in [0.25, 0.3) is 5.91 Å². The topological polar surface area (TPSA) is 58.2 Å². The first-order valence-electron chi connectivity index (χ1n) is 6.99. The van der Waals surface area contributed by atoms with Gasteiger partial charge in [-0.05, 0) is 30.3 Å². The van der Waals surface area contributed by atoms with E-state index in [0.717, 1.165) is 5.56 Å². The zero-order valence-electron chi connectivity index (χ0n) is 12.3. The number of benzene rings is 2. The van der Waals surface area contributed by atoms with E-state index in [1.807, 2.05) is 18.2 Å². The number of rotatable bonds is 4. The van der Waals surface area contributed by atoms with Gasteiger partial charge < -0.3 is 10.6 Å². The van der Waals surface area contributed by atoms with Gasteiger partial charge in [0, 0.05) is 16.1 Å². The van der Waals surface area contributed by atoms with E-state index in [4.69, 9.17) is 11.6 Å². The van der Waals surface area contributed by atoms with Crippen LogP contribution in [0.2, 0.25) is 5.02 Å². The Morgan fingerprint density at radius 3 is 2.52 bits per heavy atom. The standard InChI is InChI=1S/C18H15ClN2O2/c19-16-10-4-6-14(12-16)7-5-11-20-17(22)13-21-18(23)15-8-2-1-3-9-15/h1-4,6,8-10,12H,11,13H2,(H,20,22)(H,21,23). The van der Waals surface area contributed by atoms with E-state index in [0.29, 0.717) is 10.6 Å². The molecule has 116 valence electrons. The predicted molar refractivity (Wildman–Crippen MR) is 90.1 cm³/mol. The van der Waals surface area contributed by atoms with E-state index in [-0.39, 0.29) is 24.9 Å². The summed E-state index contributed by atoms with van der Waals surface area (Å²) in [5.41, 5.74) is 1.30. The minimum Gasteiger partial charge on any atom is -0.344 e. The first-order chi connectivity index (χ1) is 11.1. The second kappa shape index (κ2) is 8.62. The molecular formula is C18H15ClN2O2. The lowest BCUT2D eigenvalue weighted by atomic mass is 10.2. The molecule has 2 rings (SSSR count). The van der Waals surface area contributed by atoms with Gasteiger partial charge in [0.05, 0.1) is 13.1 Å². The van der Waals surface area contributed by atoms with Crippen molar-refractivity contribution in [3.63, 3.8) is 0 Å². The molecule has 23 heavy (non-hydrogen) atoms. The molecule has 0 heterocycles. The van der Waals surface area contributed by atoms with Crippen molar-refractivity contribution < 1.29 is 9.59 Å². The summed E-state index contributed by atoms with van der Waals surface area (Å²) >= 11 is 5.85. The fourth-order valence-corrected chi connectivity index (χ4v) is 1.96. The highest BCUT2D eigenvalue weighted by Gasteiger charge is 2.06. The molecule has 2 N–H and O–H groups in total. The normalized spacial score (nSPS) is 9.43. The van der Waals surface area contributed by atoms with Crippen molar-refractivity contribution in [3.05, 3.63) is 70.7 Å². The Morgan fingerprint density at radius 2 is 1.78 bits per heavy atom. The summed E-state index contributed by atoms with van der Waals surface area (Å²) < 4.78 is 0. The Bertz CT molecular complexity index is 748. The van der Waals surface area contributed by atoms with E-state index < -0.39 is 0 Å². The van der Waals surface area contributed by atoms with Crippen molar-refractivity contribution in [2.24, 2.45) is 0 Å².